The lowest BCUT2D eigenvalue weighted by atomic mass is 10.2. The molecule has 2 aromatic carbocycles. The van der Waals surface area contributed by atoms with Crippen LogP contribution >= 0.6 is 31.9 Å². The quantitative estimate of drug-likeness (QED) is 0.679. The molecule has 0 aliphatic carbocycles. The molecule has 0 amide bonds. The number of hydrogen-bond donors (Lipinski definition) is 0. The predicted molar refractivity (Wildman–Crippen MR) is 78.2 cm³/mol. The highest BCUT2D eigenvalue weighted by Gasteiger charge is 2.06. The van der Waals surface area contributed by atoms with Crippen molar-refractivity contribution in [3.05, 3.63) is 59.7 Å². The molecule has 0 aliphatic rings. The van der Waals surface area contributed by atoms with Gasteiger partial charge in [0.15, 0.2) is 0 Å². The summed E-state index contributed by atoms with van der Waals surface area (Å²) in [5.41, 5.74) is 2.30. The maximum Gasteiger partial charge on any atom is 0.131 e. The maximum atomic E-state index is 5.96. The van der Waals surface area contributed by atoms with Crippen LogP contribution in [0.2, 0.25) is 0 Å². The summed E-state index contributed by atoms with van der Waals surface area (Å²) in [6.45, 7) is 0. The first-order valence-corrected chi connectivity index (χ1v) is 7.55. The number of hydrogen-bond acceptors (Lipinski definition) is 1. The van der Waals surface area contributed by atoms with Crippen molar-refractivity contribution in [2.45, 2.75) is 10.7 Å². The lowest BCUT2D eigenvalue weighted by molar-refractivity contribution is 0.474. The van der Waals surface area contributed by atoms with Crippen LogP contribution in [0.25, 0.3) is 0 Å². The number of halogens is 2. The molecular formula is C14H12Br2O. The van der Waals surface area contributed by atoms with Crippen LogP contribution in [0, 0.1) is 0 Å². The molecule has 0 aliphatic heterocycles. The van der Waals surface area contributed by atoms with E-state index in [4.69, 9.17) is 4.74 Å². The molecule has 17 heavy (non-hydrogen) atoms. The van der Waals surface area contributed by atoms with E-state index in [1.807, 2.05) is 36.4 Å². The molecule has 0 aromatic heterocycles. The molecule has 1 nitrogen and oxygen atoms in total. The molecule has 0 radical (unpaired) electrons. The maximum absolute atomic E-state index is 5.96. The van der Waals surface area contributed by atoms with Crippen molar-refractivity contribution < 1.29 is 4.74 Å². The van der Waals surface area contributed by atoms with Gasteiger partial charge in [-0.2, -0.15) is 0 Å². The zero-order valence-corrected chi connectivity index (χ0v) is 12.4. The summed E-state index contributed by atoms with van der Waals surface area (Å²) in [4.78, 5) is 0. The topological polar surface area (TPSA) is 9.23 Å². The van der Waals surface area contributed by atoms with Gasteiger partial charge in [-0.1, -0.05) is 68.3 Å². The molecule has 0 atom stereocenters. The Labute approximate surface area is 118 Å². The van der Waals surface area contributed by atoms with Gasteiger partial charge in [0.1, 0.15) is 11.5 Å². The number of ether oxygens (including phenoxy) is 1. The van der Waals surface area contributed by atoms with Gasteiger partial charge in [0.2, 0.25) is 0 Å². The predicted octanol–water partition coefficient (Wildman–Crippen LogP) is 5.27. The molecule has 0 heterocycles. The summed E-state index contributed by atoms with van der Waals surface area (Å²) >= 11 is 6.94. The zero-order chi connectivity index (χ0) is 12.1. The summed E-state index contributed by atoms with van der Waals surface area (Å²) in [7, 11) is 0. The number of rotatable bonds is 4. The van der Waals surface area contributed by atoms with Crippen molar-refractivity contribution in [1.29, 1.82) is 0 Å². The summed E-state index contributed by atoms with van der Waals surface area (Å²) in [5, 5.41) is 1.58. The van der Waals surface area contributed by atoms with E-state index in [1.165, 1.54) is 0 Å². The molecule has 2 aromatic rings. The van der Waals surface area contributed by atoms with E-state index in [2.05, 4.69) is 44.0 Å². The largest absolute Gasteiger partial charge is 0.457 e. The molecule has 0 spiro atoms. The lowest BCUT2D eigenvalue weighted by Gasteiger charge is -2.12. The van der Waals surface area contributed by atoms with Crippen molar-refractivity contribution >= 4 is 31.9 Å². The Kier molecular flexibility index (Phi) is 4.63. The first kappa shape index (κ1) is 12.7. The van der Waals surface area contributed by atoms with E-state index < -0.39 is 0 Å². The summed E-state index contributed by atoms with van der Waals surface area (Å²) in [5.74, 6) is 1.80. The molecule has 0 saturated carbocycles. The molecule has 0 fully saturated rings. The van der Waals surface area contributed by atoms with Crippen LogP contribution in [0.15, 0.2) is 48.5 Å². The first-order valence-electron chi connectivity index (χ1n) is 5.30. The minimum atomic E-state index is 0.791. The van der Waals surface area contributed by atoms with E-state index >= 15 is 0 Å². The highest BCUT2D eigenvalue weighted by Crippen LogP contribution is 2.30. The Hall–Kier alpha value is -0.800. The summed E-state index contributed by atoms with van der Waals surface area (Å²) < 4.78 is 5.96. The van der Waals surface area contributed by atoms with Gasteiger partial charge in [0, 0.05) is 21.8 Å². The second-order valence-electron chi connectivity index (χ2n) is 3.58. The van der Waals surface area contributed by atoms with Gasteiger partial charge >= 0.3 is 0 Å². The van der Waals surface area contributed by atoms with Crippen LogP contribution in [-0.2, 0) is 10.7 Å². The Balaban J connectivity index is 2.31. The molecule has 0 saturated heterocycles. The average molecular weight is 356 g/mol. The number of alkyl halides is 2. The second-order valence-corrected chi connectivity index (χ2v) is 4.71. The fourth-order valence-electron chi connectivity index (χ4n) is 1.55. The van der Waals surface area contributed by atoms with Crippen LogP contribution < -0.4 is 4.74 Å². The third-order valence-corrected chi connectivity index (χ3v) is 3.66. The van der Waals surface area contributed by atoms with E-state index in [0.29, 0.717) is 0 Å². The van der Waals surface area contributed by atoms with Crippen molar-refractivity contribution in [3.63, 3.8) is 0 Å². The standard InChI is InChI=1S/C14H12Br2O/c15-9-11-5-1-3-7-13(11)17-14-8-4-2-6-12(14)10-16/h1-8H,9-10H2. The average Bonchev–Trinajstić information content (AvgIpc) is 2.40. The summed E-state index contributed by atoms with van der Waals surface area (Å²) in [6.07, 6.45) is 0. The van der Waals surface area contributed by atoms with E-state index in [0.717, 1.165) is 33.3 Å². The Morgan fingerprint density at radius 3 is 1.53 bits per heavy atom. The monoisotopic (exact) mass is 354 g/mol. The van der Waals surface area contributed by atoms with Gasteiger partial charge in [-0.05, 0) is 12.1 Å². The number of para-hydroxylation sites is 2. The van der Waals surface area contributed by atoms with Crippen LogP contribution in [0.5, 0.6) is 11.5 Å². The van der Waals surface area contributed by atoms with Crippen molar-refractivity contribution in [3.8, 4) is 11.5 Å². The molecular weight excluding hydrogens is 344 g/mol. The SMILES string of the molecule is BrCc1ccccc1Oc1ccccc1CBr. The fourth-order valence-corrected chi connectivity index (χ4v) is 2.47. The van der Waals surface area contributed by atoms with Crippen LogP contribution in [0.1, 0.15) is 11.1 Å². The number of benzene rings is 2. The van der Waals surface area contributed by atoms with E-state index in [9.17, 15) is 0 Å². The lowest BCUT2D eigenvalue weighted by Crippen LogP contribution is -1.92. The minimum absolute atomic E-state index is 0.791. The van der Waals surface area contributed by atoms with Gasteiger partial charge in [-0.25, -0.2) is 0 Å². The molecule has 0 unspecified atom stereocenters. The molecule has 3 heteroatoms. The van der Waals surface area contributed by atoms with Gasteiger partial charge in [0.25, 0.3) is 0 Å². The molecule has 0 bridgehead atoms. The second kappa shape index (κ2) is 6.22. The van der Waals surface area contributed by atoms with Gasteiger partial charge < -0.3 is 4.74 Å². The van der Waals surface area contributed by atoms with Crippen LogP contribution in [0.3, 0.4) is 0 Å². The van der Waals surface area contributed by atoms with Crippen molar-refractivity contribution in [1.82, 2.24) is 0 Å². The van der Waals surface area contributed by atoms with E-state index in [-0.39, 0.29) is 0 Å². The first-order chi connectivity index (χ1) is 8.35. The zero-order valence-electron chi connectivity index (χ0n) is 9.20. The Morgan fingerprint density at radius 2 is 1.12 bits per heavy atom. The van der Waals surface area contributed by atoms with Gasteiger partial charge in [0.05, 0.1) is 0 Å². The Bertz CT molecular complexity index is 452. The smallest absolute Gasteiger partial charge is 0.131 e. The van der Waals surface area contributed by atoms with Crippen molar-refractivity contribution in [2.75, 3.05) is 0 Å². The normalized spacial score (nSPS) is 10.2. The van der Waals surface area contributed by atoms with Gasteiger partial charge in [-0.15, -0.1) is 0 Å². The Morgan fingerprint density at radius 1 is 0.706 bits per heavy atom. The van der Waals surface area contributed by atoms with Crippen LogP contribution in [0.4, 0.5) is 0 Å². The summed E-state index contributed by atoms with van der Waals surface area (Å²) in [6, 6.07) is 16.1. The third kappa shape index (κ3) is 3.11. The third-order valence-electron chi connectivity index (χ3n) is 2.45. The highest BCUT2D eigenvalue weighted by atomic mass is 79.9. The van der Waals surface area contributed by atoms with Crippen LogP contribution in [-0.4, -0.2) is 0 Å². The van der Waals surface area contributed by atoms with E-state index in [1.54, 1.807) is 0 Å². The fraction of sp³-hybridized carbons (Fsp3) is 0.143. The van der Waals surface area contributed by atoms with Gasteiger partial charge in [-0.3, -0.25) is 0 Å². The molecule has 0 N–H and O–H groups in total. The molecule has 88 valence electrons. The highest BCUT2D eigenvalue weighted by molar-refractivity contribution is 9.08. The van der Waals surface area contributed by atoms with Crippen molar-refractivity contribution in [2.24, 2.45) is 0 Å². The minimum Gasteiger partial charge on any atom is -0.457 e. The molecule has 2 rings (SSSR count).